The molecule has 0 aliphatic rings. The first-order valence-electron chi connectivity index (χ1n) is 10.0. The number of halogens is 3. The predicted molar refractivity (Wildman–Crippen MR) is 118 cm³/mol. The Kier molecular flexibility index (Phi) is 7.49. The van der Waals surface area contributed by atoms with Crippen molar-refractivity contribution in [1.29, 1.82) is 0 Å². The van der Waals surface area contributed by atoms with Crippen LogP contribution in [0.1, 0.15) is 21.7 Å². The molecule has 3 aromatic rings. The second kappa shape index (κ2) is 10.3. The molecule has 2 aromatic carbocycles. The summed E-state index contributed by atoms with van der Waals surface area (Å²) in [6, 6.07) is 9.06. The number of nitro groups is 1. The zero-order valence-electron chi connectivity index (χ0n) is 18.5. The highest BCUT2D eigenvalue weighted by Crippen LogP contribution is 2.35. The average molecular weight is 492 g/mol. The van der Waals surface area contributed by atoms with Crippen LogP contribution in [-0.4, -0.2) is 40.9 Å². The SMILES string of the molecule is COCCOc1ccc(C(F)(F)F)cc1NC(=O)c1nn(-c2ccccc2[N+](=O)[O-])c(C)cc1=O. The van der Waals surface area contributed by atoms with E-state index in [0.29, 0.717) is 6.07 Å². The second-order valence-corrected chi connectivity index (χ2v) is 7.16. The summed E-state index contributed by atoms with van der Waals surface area (Å²) in [7, 11) is 1.41. The molecule has 1 heterocycles. The Morgan fingerprint density at radius 3 is 2.54 bits per heavy atom. The highest BCUT2D eigenvalue weighted by Gasteiger charge is 2.32. The monoisotopic (exact) mass is 492 g/mol. The number of nitrogens with one attached hydrogen (secondary N) is 1. The first-order valence-corrected chi connectivity index (χ1v) is 10.0. The van der Waals surface area contributed by atoms with E-state index in [1.807, 2.05) is 0 Å². The minimum atomic E-state index is -4.70. The molecule has 35 heavy (non-hydrogen) atoms. The molecule has 1 N–H and O–H groups in total. The molecule has 0 fully saturated rings. The number of ether oxygens (including phenoxy) is 2. The number of hydrogen-bond donors (Lipinski definition) is 1. The van der Waals surface area contributed by atoms with Crippen molar-refractivity contribution in [1.82, 2.24) is 9.78 Å². The summed E-state index contributed by atoms with van der Waals surface area (Å²) in [5.41, 5.74) is -3.06. The van der Waals surface area contributed by atoms with Crippen LogP contribution in [0, 0.1) is 17.0 Å². The van der Waals surface area contributed by atoms with Crippen LogP contribution in [0.25, 0.3) is 5.69 Å². The van der Waals surface area contributed by atoms with E-state index in [0.717, 1.165) is 22.9 Å². The van der Waals surface area contributed by atoms with Crippen LogP contribution in [-0.2, 0) is 10.9 Å². The van der Waals surface area contributed by atoms with Gasteiger partial charge in [-0.25, -0.2) is 4.68 Å². The van der Waals surface area contributed by atoms with Gasteiger partial charge in [0.25, 0.3) is 11.6 Å². The van der Waals surface area contributed by atoms with Gasteiger partial charge in [0.2, 0.25) is 5.43 Å². The number of para-hydroxylation sites is 2. The Hall–Kier alpha value is -4.26. The lowest BCUT2D eigenvalue weighted by Gasteiger charge is -2.16. The topological polar surface area (TPSA) is 126 Å². The first-order chi connectivity index (χ1) is 16.5. The number of hydrogen-bond acceptors (Lipinski definition) is 7. The number of methoxy groups -OCH3 is 1. The standard InChI is InChI=1S/C22H19F3N4O6/c1-13-11-18(30)20(27-28(13)16-5-3-4-6-17(16)29(32)33)21(31)26-15-12-14(22(23,24)25)7-8-19(15)35-10-9-34-2/h3-8,11-12H,9-10H2,1-2H3,(H,26,31). The van der Waals surface area contributed by atoms with Crippen molar-refractivity contribution in [3.63, 3.8) is 0 Å². The van der Waals surface area contributed by atoms with Gasteiger partial charge >= 0.3 is 6.18 Å². The molecule has 13 heteroatoms. The summed E-state index contributed by atoms with van der Waals surface area (Å²) in [5, 5.41) is 17.6. The molecular formula is C22H19F3N4O6. The zero-order valence-corrected chi connectivity index (χ0v) is 18.5. The molecule has 0 radical (unpaired) electrons. The van der Waals surface area contributed by atoms with Gasteiger partial charge in [0.1, 0.15) is 18.0 Å². The summed E-state index contributed by atoms with van der Waals surface area (Å²) in [6.45, 7) is 1.58. The number of aryl methyl sites for hydroxylation is 1. The summed E-state index contributed by atoms with van der Waals surface area (Å²) < 4.78 is 50.9. The van der Waals surface area contributed by atoms with Crippen LogP contribution in [0.5, 0.6) is 5.75 Å². The molecule has 0 spiro atoms. The first kappa shape index (κ1) is 25.4. The van der Waals surface area contributed by atoms with Gasteiger partial charge in [-0.05, 0) is 31.2 Å². The normalized spacial score (nSPS) is 11.2. The molecule has 0 saturated heterocycles. The number of amides is 1. The summed E-state index contributed by atoms with van der Waals surface area (Å²) in [4.78, 5) is 36.2. The van der Waals surface area contributed by atoms with Gasteiger partial charge in [-0.3, -0.25) is 19.7 Å². The number of carbonyl (C=O) groups is 1. The van der Waals surface area contributed by atoms with Gasteiger partial charge in [-0.1, -0.05) is 12.1 Å². The van der Waals surface area contributed by atoms with E-state index >= 15 is 0 Å². The van der Waals surface area contributed by atoms with Crippen molar-refractivity contribution >= 4 is 17.3 Å². The number of carbonyl (C=O) groups excluding carboxylic acids is 1. The summed E-state index contributed by atoms with van der Waals surface area (Å²) in [5.74, 6) is -1.22. The lowest BCUT2D eigenvalue weighted by molar-refractivity contribution is -0.384. The number of rotatable bonds is 8. The second-order valence-electron chi connectivity index (χ2n) is 7.16. The number of benzene rings is 2. The van der Waals surface area contributed by atoms with Crippen LogP contribution in [0.2, 0.25) is 0 Å². The molecule has 0 unspecified atom stereocenters. The fraction of sp³-hybridized carbons (Fsp3) is 0.227. The third kappa shape index (κ3) is 5.81. The third-order valence-corrected chi connectivity index (χ3v) is 4.73. The van der Waals surface area contributed by atoms with E-state index in [9.17, 15) is 32.9 Å². The molecule has 0 saturated carbocycles. The Labute approximate surface area is 196 Å². The zero-order chi connectivity index (χ0) is 25.8. The van der Waals surface area contributed by atoms with Crippen LogP contribution < -0.4 is 15.5 Å². The third-order valence-electron chi connectivity index (χ3n) is 4.73. The van der Waals surface area contributed by atoms with Gasteiger partial charge in [0, 0.05) is 24.9 Å². The lowest BCUT2D eigenvalue weighted by atomic mass is 10.1. The van der Waals surface area contributed by atoms with Gasteiger partial charge in [-0.15, -0.1) is 0 Å². The van der Waals surface area contributed by atoms with E-state index in [2.05, 4.69) is 10.4 Å². The fourth-order valence-electron chi connectivity index (χ4n) is 3.09. The Balaban J connectivity index is 2.04. The minimum absolute atomic E-state index is 0.00768. The Morgan fingerprint density at radius 1 is 1.17 bits per heavy atom. The van der Waals surface area contributed by atoms with Crippen molar-refractivity contribution < 1.29 is 32.4 Å². The van der Waals surface area contributed by atoms with E-state index in [-0.39, 0.29) is 41.7 Å². The van der Waals surface area contributed by atoms with Gasteiger partial charge in [0.15, 0.2) is 5.69 Å². The molecule has 0 atom stereocenters. The Bertz CT molecular complexity index is 1320. The number of anilines is 1. The van der Waals surface area contributed by atoms with Crippen molar-refractivity contribution in [3.8, 4) is 11.4 Å². The lowest BCUT2D eigenvalue weighted by Crippen LogP contribution is -2.27. The van der Waals surface area contributed by atoms with E-state index in [1.165, 1.54) is 38.3 Å². The van der Waals surface area contributed by atoms with Crippen LogP contribution in [0.4, 0.5) is 24.5 Å². The summed E-state index contributed by atoms with van der Waals surface area (Å²) >= 11 is 0. The van der Waals surface area contributed by atoms with Crippen LogP contribution >= 0.6 is 0 Å². The Morgan fingerprint density at radius 2 is 1.89 bits per heavy atom. The molecule has 0 aliphatic carbocycles. The highest BCUT2D eigenvalue weighted by atomic mass is 19.4. The van der Waals surface area contributed by atoms with Crippen LogP contribution in [0.15, 0.2) is 53.3 Å². The number of alkyl halides is 3. The van der Waals surface area contributed by atoms with Gasteiger partial charge < -0.3 is 14.8 Å². The number of nitrogens with zero attached hydrogens (tertiary/aromatic N) is 3. The van der Waals surface area contributed by atoms with Gasteiger partial charge in [0.05, 0.1) is 22.8 Å². The maximum Gasteiger partial charge on any atom is 0.416 e. The fourth-order valence-corrected chi connectivity index (χ4v) is 3.09. The average Bonchev–Trinajstić information content (AvgIpc) is 2.79. The largest absolute Gasteiger partial charge is 0.489 e. The molecule has 0 aliphatic heterocycles. The van der Waals surface area contributed by atoms with E-state index < -0.39 is 33.7 Å². The highest BCUT2D eigenvalue weighted by molar-refractivity contribution is 6.03. The maximum absolute atomic E-state index is 13.2. The van der Waals surface area contributed by atoms with Crippen molar-refractivity contribution in [2.45, 2.75) is 13.1 Å². The van der Waals surface area contributed by atoms with Crippen LogP contribution in [0.3, 0.4) is 0 Å². The van der Waals surface area contributed by atoms with Crippen molar-refractivity contribution in [2.24, 2.45) is 0 Å². The molecule has 1 amide bonds. The minimum Gasteiger partial charge on any atom is -0.489 e. The van der Waals surface area contributed by atoms with Gasteiger partial charge in [-0.2, -0.15) is 18.3 Å². The van der Waals surface area contributed by atoms with Crippen molar-refractivity contribution in [2.75, 3.05) is 25.6 Å². The molecule has 10 nitrogen and oxygen atoms in total. The molecule has 1 aromatic heterocycles. The smallest absolute Gasteiger partial charge is 0.416 e. The number of nitro benzene ring substituents is 1. The number of aromatic nitrogens is 2. The summed E-state index contributed by atoms with van der Waals surface area (Å²) in [6.07, 6.45) is -4.70. The maximum atomic E-state index is 13.2. The van der Waals surface area contributed by atoms with E-state index in [4.69, 9.17) is 9.47 Å². The van der Waals surface area contributed by atoms with E-state index in [1.54, 1.807) is 0 Å². The predicted octanol–water partition coefficient (Wildman–Crippen LogP) is 3.75. The molecule has 3 rings (SSSR count). The van der Waals surface area contributed by atoms with Crippen molar-refractivity contribution in [3.05, 3.63) is 85.8 Å². The quantitative estimate of drug-likeness (QED) is 0.288. The molecule has 184 valence electrons. The molecule has 0 bridgehead atoms. The molecular weight excluding hydrogens is 473 g/mol.